The van der Waals surface area contributed by atoms with E-state index in [4.69, 9.17) is 9.47 Å². The van der Waals surface area contributed by atoms with Crippen LogP contribution in [-0.2, 0) is 14.3 Å². The molecule has 0 radical (unpaired) electrons. The third kappa shape index (κ3) is 3.80. The molecule has 8 heteroatoms. The maximum absolute atomic E-state index is 12.8. The van der Waals surface area contributed by atoms with Gasteiger partial charge in [0, 0.05) is 24.5 Å². The average molecular weight is 348 g/mol. The van der Waals surface area contributed by atoms with Crippen molar-refractivity contribution in [1.82, 2.24) is 19.8 Å². The van der Waals surface area contributed by atoms with Gasteiger partial charge in [-0.1, -0.05) is 0 Å². The Balaban J connectivity index is 1.79. The van der Waals surface area contributed by atoms with Gasteiger partial charge in [0.15, 0.2) is 0 Å². The van der Waals surface area contributed by atoms with E-state index in [0.29, 0.717) is 26.2 Å². The molecule has 1 aromatic heterocycles. The van der Waals surface area contributed by atoms with Crippen LogP contribution < -0.4 is 0 Å². The quantitative estimate of drug-likeness (QED) is 0.762. The number of morpholine rings is 1. The molecule has 0 N–H and O–H groups in total. The molecular weight excluding hydrogens is 324 g/mol. The zero-order valence-electron chi connectivity index (χ0n) is 14.9. The van der Waals surface area contributed by atoms with Gasteiger partial charge in [0.2, 0.25) is 11.7 Å². The lowest BCUT2D eigenvalue weighted by atomic mass is 10.0. The summed E-state index contributed by atoms with van der Waals surface area (Å²) < 4.78 is 11.5. The smallest absolute Gasteiger partial charge is 0.291 e. The van der Waals surface area contributed by atoms with Gasteiger partial charge < -0.3 is 19.3 Å². The lowest BCUT2D eigenvalue weighted by Gasteiger charge is -2.43. The second-order valence-electron chi connectivity index (χ2n) is 6.89. The monoisotopic (exact) mass is 348 g/mol. The fourth-order valence-corrected chi connectivity index (χ4v) is 3.22. The van der Waals surface area contributed by atoms with Crippen LogP contribution in [0.1, 0.15) is 30.2 Å². The number of aromatic nitrogens is 2. The number of ether oxygens (including phenoxy) is 2. The molecule has 0 aromatic carbocycles. The van der Waals surface area contributed by atoms with Crippen LogP contribution in [0.25, 0.3) is 0 Å². The molecule has 136 valence electrons. The summed E-state index contributed by atoms with van der Waals surface area (Å²) in [5.74, 6) is -0.0950. The van der Waals surface area contributed by atoms with Crippen LogP contribution in [0.2, 0.25) is 0 Å². The van der Waals surface area contributed by atoms with Gasteiger partial charge in [-0.05, 0) is 26.8 Å². The summed E-state index contributed by atoms with van der Waals surface area (Å²) in [6, 6.07) is 1.80. The summed E-state index contributed by atoms with van der Waals surface area (Å²) in [7, 11) is 0. The Bertz CT molecular complexity index is 666. The molecule has 2 amide bonds. The van der Waals surface area contributed by atoms with E-state index in [2.05, 4.69) is 9.97 Å². The van der Waals surface area contributed by atoms with Crippen molar-refractivity contribution >= 4 is 11.8 Å². The molecule has 0 bridgehead atoms. The average Bonchev–Trinajstić information content (AvgIpc) is 2.74. The van der Waals surface area contributed by atoms with Crippen molar-refractivity contribution in [3.63, 3.8) is 0 Å². The van der Waals surface area contributed by atoms with E-state index in [1.54, 1.807) is 22.1 Å². The molecule has 1 aromatic rings. The van der Waals surface area contributed by atoms with E-state index in [9.17, 15) is 9.59 Å². The largest absolute Gasteiger partial charge is 0.368 e. The minimum atomic E-state index is -0.714. The van der Waals surface area contributed by atoms with Crippen molar-refractivity contribution in [2.24, 2.45) is 0 Å². The van der Waals surface area contributed by atoms with Crippen LogP contribution >= 0.6 is 0 Å². The molecule has 3 rings (SSSR count). The molecule has 8 nitrogen and oxygen atoms in total. The number of nitrogens with zero attached hydrogens (tertiary/aromatic N) is 4. The topological polar surface area (TPSA) is 84.9 Å². The number of amides is 2. The minimum Gasteiger partial charge on any atom is -0.368 e. The molecule has 1 spiro atoms. The van der Waals surface area contributed by atoms with Crippen molar-refractivity contribution < 1.29 is 19.1 Å². The van der Waals surface area contributed by atoms with Gasteiger partial charge in [0.1, 0.15) is 12.2 Å². The number of hydrogen-bond donors (Lipinski definition) is 0. The molecule has 0 saturated carbocycles. The van der Waals surface area contributed by atoms with Crippen LogP contribution in [0.5, 0.6) is 0 Å². The molecule has 1 unspecified atom stereocenters. The standard InChI is InChI=1S/C17H24N4O4/c1-12(2)21-10-17(11-24-8-14(21)22)9-20(6-7-25-17)16(23)15-18-5-4-13(3)19-15/h4-5,12H,6-11H2,1-3H3. The van der Waals surface area contributed by atoms with Gasteiger partial charge in [-0.25, -0.2) is 9.97 Å². The SMILES string of the molecule is Cc1ccnc(C(=O)N2CCOC3(COCC(=O)N(C(C)C)C3)C2)n1. The van der Waals surface area contributed by atoms with E-state index >= 15 is 0 Å². The highest BCUT2D eigenvalue weighted by Gasteiger charge is 2.44. The van der Waals surface area contributed by atoms with Crippen LogP contribution in [0.15, 0.2) is 12.3 Å². The highest BCUT2D eigenvalue weighted by Crippen LogP contribution is 2.24. The van der Waals surface area contributed by atoms with Gasteiger partial charge in [-0.2, -0.15) is 0 Å². The van der Waals surface area contributed by atoms with Crippen molar-refractivity contribution in [2.75, 3.05) is 39.5 Å². The number of rotatable bonds is 2. The Labute approximate surface area is 147 Å². The molecule has 3 heterocycles. The van der Waals surface area contributed by atoms with Gasteiger partial charge >= 0.3 is 0 Å². The van der Waals surface area contributed by atoms with Gasteiger partial charge in [0.05, 0.1) is 26.3 Å². The molecule has 25 heavy (non-hydrogen) atoms. The first-order chi connectivity index (χ1) is 11.9. The predicted octanol–water partition coefficient (Wildman–Crippen LogP) is 0.263. The second kappa shape index (κ2) is 7.05. The summed E-state index contributed by atoms with van der Waals surface area (Å²) in [6.07, 6.45) is 1.58. The number of carbonyl (C=O) groups excluding carboxylic acids is 2. The number of carbonyl (C=O) groups is 2. The minimum absolute atomic E-state index is 0.0399. The van der Waals surface area contributed by atoms with E-state index < -0.39 is 5.60 Å². The van der Waals surface area contributed by atoms with Gasteiger partial charge in [-0.3, -0.25) is 9.59 Å². The molecule has 1 atom stereocenters. The summed E-state index contributed by atoms with van der Waals surface area (Å²) >= 11 is 0. The third-order valence-electron chi connectivity index (χ3n) is 4.51. The zero-order valence-corrected chi connectivity index (χ0v) is 14.9. The fraction of sp³-hybridized carbons (Fsp3) is 0.647. The van der Waals surface area contributed by atoms with Crippen LogP contribution in [0, 0.1) is 6.92 Å². The van der Waals surface area contributed by atoms with Crippen molar-refractivity contribution in [1.29, 1.82) is 0 Å². The molecule has 2 saturated heterocycles. The lowest BCUT2D eigenvalue weighted by Crippen LogP contribution is -2.60. The van der Waals surface area contributed by atoms with Crippen molar-refractivity contribution in [2.45, 2.75) is 32.4 Å². The Kier molecular flexibility index (Phi) is 5.01. The Morgan fingerprint density at radius 3 is 2.88 bits per heavy atom. The van der Waals surface area contributed by atoms with Crippen LogP contribution in [-0.4, -0.2) is 82.7 Å². The molecule has 2 aliphatic heterocycles. The summed E-state index contributed by atoms with van der Waals surface area (Å²) in [5.41, 5.74) is 0.0319. The predicted molar refractivity (Wildman–Crippen MR) is 89.0 cm³/mol. The van der Waals surface area contributed by atoms with Gasteiger partial charge in [0.25, 0.3) is 5.91 Å². The Morgan fingerprint density at radius 1 is 1.36 bits per heavy atom. The zero-order chi connectivity index (χ0) is 18.0. The van der Waals surface area contributed by atoms with Crippen molar-refractivity contribution in [3.05, 3.63) is 23.8 Å². The number of aryl methyl sites for hydroxylation is 1. The third-order valence-corrected chi connectivity index (χ3v) is 4.51. The van der Waals surface area contributed by atoms with E-state index in [1.807, 2.05) is 20.8 Å². The first-order valence-corrected chi connectivity index (χ1v) is 8.50. The van der Waals surface area contributed by atoms with Crippen LogP contribution in [0.4, 0.5) is 0 Å². The highest BCUT2D eigenvalue weighted by molar-refractivity contribution is 5.90. The maximum Gasteiger partial charge on any atom is 0.291 e. The fourth-order valence-electron chi connectivity index (χ4n) is 3.22. The summed E-state index contributed by atoms with van der Waals surface area (Å²) in [6.45, 7) is 7.67. The molecular formula is C17H24N4O4. The van der Waals surface area contributed by atoms with E-state index in [1.165, 1.54) is 0 Å². The maximum atomic E-state index is 12.8. The summed E-state index contributed by atoms with van der Waals surface area (Å²) in [5, 5.41) is 0. The normalized spacial score (nSPS) is 24.7. The molecule has 0 aliphatic carbocycles. The first kappa shape index (κ1) is 17.8. The number of hydrogen-bond acceptors (Lipinski definition) is 6. The lowest BCUT2D eigenvalue weighted by molar-refractivity contribution is -0.140. The second-order valence-corrected chi connectivity index (χ2v) is 6.89. The van der Waals surface area contributed by atoms with E-state index in [0.717, 1.165) is 5.69 Å². The van der Waals surface area contributed by atoms with Crippen molar-refractivity contribution in [3.8, 4) is 0 Å². The molecule has 2 fully saturated rings. The van der Waals surface area contributed by atoms with E-state index in [-0.39, 0.29) is 36.9 Å². The van der Waals surface area contributed by atoms with Crippen LogP contribution in [0.3, 0.4) is 0 Å². The Hall–Kier alpha value is -2.06. The summed E-state index contributed by atoms with van der Waals surface area (Å²) in [4.78, 5) is 36.7. The highest BCUT2D eigenvalue weighted by atomic mass is 16.5. The first-order valence-electron chi connectivity index (χ1n) is 8.50. The van der Waals surface area contributed by atoms with Gasteiger partial charge in [-0.15, -0.1) is 0 Å². The Morgan fingerprint density at radius 2 is 2.16 bits per heavy atom. The molecule has 2 aliphatic rings.